The molecule has 0 atom stereocenters. The van der Waals surface area contributed by atoms with Crippen LogP contribution in [0, 0.1) is 0 Å². The lowest BCUT2D eigenvalue weighted by Crippen LogP contribution is -2.20. The van der Waals surface area contributed by atoms with Crippen LogP contribution in [-0.2, 0) is 6.54 Å². The van der Waals surface area contributed by atoms with Crippen molar-refractivity contribution < 1.29 is 0 Å². The first-order valence-corrected chi connectivity index (χ1v) is 9.12. The smallest absolute Gasteiger partial charge is 0.0487 e. The van der Waals surface area contributed by atoms with Gasteiger partial charge in [-0.1, -0.05) is 56.5 Å². The number of para-hydroxylation sites is 1. The second-order valence-electron chi connectivity index (χ2n) is 5.40. The van der Waals surface area contributed by atoms with Gasteiger partial charge in [0.25, 0.3) is 0 Å². The Morgan fingerprint density at radius 1 is 0.909 bits per heavy atom. The molecular formula is C19H26N2S. The maximum absolute atomic E-state index is 3.27. The van der Waals surface area contributed by atoms with Crippen molar-refractivity contribution in [1.82, 2.24) is 5.43 Å². The average molecular weight is 314 g/mol. The van der Waals surface area contributed by atoms with Gasteiger partial charge in [-0.25, -0.2) is 5.43 Å². The molecule has 0 heterocycles. The Balaban J connectivity index is 1.71. The topological polar surface area (TPSA) is 24.1 Å². The monoisotopic (exact) mass is 314 g/mol. The molecule has 0 bridgehead atoms. The van der Waals surface area contributed by atoms with Crippen molar-refractivity contribution in [3.63, 3.8) is 0 Å². The molecular weight excluding hydrogens is 288 g/mol. The minimum atomic E-state index is 0.819. The summed E-state index contributed by atoms with van der Waals surface area (Å²) < 4.78 is 0. The predicted octanol–water partition coefficient (Wildman–Crippen LogP) is 5.48. The summed E-state index contributed by atoms with van der Waals surface area (Å²) in [6.07, 6.45) is 5.33. The molecule has 2 rings (SSSR count). The molecule has 0 aliphatic carbocycles. The number of hydrogen-bond donors (Lipinski definition) is 2. The van der Waals surface area contributed by atoms with Gasteiger partial charge in [0, 0.05) is 17.1 Å². The summed E-state index contributed by atoms with van der Waals surface area (Å²) in [5, 5.41) is 0. The lowest BCUT2D eigenvalue weighted by atomic mass is 10.2. The highest BCUT2D eigenvalue weighted by Gasteiger charge is 1.98. The van der Waals surface area contributed by atoms with Crippen LogP contribution in [0.2, 0.25) is 0 Å². The van der Waals surface area contributed by atoms with E-state index in [0.717, 1.165) is 12.2 Å². The van der Waals surface area contributed by atoms with Crippen molar-refractivity contribution in [2.45, 2.75) is 44.0 Å². The van der Waals surface area contributed by atoms with Gasteiger partial charge in [0.2, 0.25) is 0 Å². The molecule has 0 spiro atoms. The highest BCUT2D eigenvalue weighted by Crippen LogP contribution is 2.21. The summed E-state index contributed by atoms with van der Waals surface area (Å²) in [4.78, 5) is 1.37. The molecule has 0 aliphatic rings. The Labute approximate surface area is 138 Å². The molecule has 0 radical (unpaired) electrons. The summed E-state index contributed by atoms with van der Waals surface area (Å²) in [5.74, 6) is 1.22. The van der Waals surface area contributed by atoms with E-state index in [2.05, 4.69) is 54.2 Å². The van der Waals surface area contributed by atoms with Crippen molar-refractivity contribution in [2.75, 3.05) is 11.2 Å². The summed E-state index contributed by atoms with van der Waals surface area (Å²) in [6, 6.07) is 19.0. The van der Waals surface area contributed by atoms with E-state index in [-0.39, 0.29) is 0 Å². The van der Waals surface area contributed by atoms with Crippen molar-refractivity contribution >= 4 is 17.4 Å². The Kier molecular flexibility index (Phi) is 7.92. The molecule has 0 unspecified atom stereocenters. The first-order chi connectivity index (χ1) is 10.9. The van der Waals surface area contributed by atoms with E-state index < -0.39 is 0 Å². The van der Waals surface area contributed by atoms with Crippen LogP contribution < -0.4 is 10.9 Å². The fourth-order valence-corrected chi connectivity index (χ4v) is 3.23. The maximum Gasteiger partial charge on any atom is 0.0487 e. The highest BCUT2D eigenvalue weighted by atomic mass is 32.2. The van der Waals surface area contributed by atoms with Gasteiger partial charge in [-0.3, -0.25) is 0 Å². The first kappa shape index (κ1) is 16.9. The molecule has 0 saturated heterocycles. The number of nitrogens with one attached hydrogen (secondary N) is 2. The van der Waals surface area contributed by atoms with Crippen molar-refractivity contribution in [1.29, 1.82) is 0 Å². The number of rotatable bonds is 10. The molecule has 118 valence electrons. The molecule has 2 nitrogen and oxygen atoms in total. The van der Waals surface area contributed by atoms with Crippen molar-refractivity contribution in [2.24, 2.45) is 0 Å². The third kappa shape index (κ3) is 6.54. The number of thioether (sulfide) groups is 1. The zero-order chi connectivity index (χ0) is 15.5. The Morgan fingerprint density at radius 3 is 2.59 bits per heavy atom. The standard InChI is InChI=1S/C19H26N2S/c1-2-3-4-8-14-22-19-13-9-10-17(15-19)16-20-21-18-11-6-5-7-12-18/h5-7,9-13,15,20-21H,2-4,8,14,16H2,1H3. The molecule has 2 aromatic rings. The SMILES string of the molecule is CCCCCCSc1cccc(CNNc2ccccc2)c1. The summed E-state index contributed by atoms with van der Waals surface area (Å²) in [7, 11) is 0. The molecule has 2 N–H and O–H groups in total. The van der Waals surface area contributed by atoms with Gasteiger partial charge in [-0.2, -0.15) is 0 Å². The zero-order valence-corrected chi connectivity index (χ0v) is 14.2. The number of hydrogen-bond acceptors (Lipinski definition) is 3. The van der Waals surface area contributed by atoms with E-state index in [9.17, 15) is 0 Å². The van der Waals surface area contributed by atoms with Crippen molar-refractivity contribution in [3.05, 3.63) is 60.2 Å². The molecule has 0 fully saturated rings. The molecule has 2 aromatic carbocycles. The van der Waals surface area contributed by atoms with E-state index in [1.165, 1.54) is 41.9 Å². The third-order valence-corrected chi connectivity index (χ3v) is 4.54. The molecule has 0 aromatic heterocycles. The molecule has 0 saturated carbocycles. The Bertz CT molecular complexity index is 528. The Morgan fingerprint density at radius 2 is 1.77 bits per heavy atom. The van der Waals surface area contributed by atoms with Crippen LogP contribution >= 0.6 is 11.8 Å². The molecule has 0 amide bonds. The van der Waals surface area contributed by atoms with Crippen LogP contribution in [0.3, 0.4) is 0 Å². The quantitative estimate of drug-likeness (QED) is 0.345. The van der Waals surface area contributed by atoms with Crippen LogP contribution in [0.15, 0.2) is 59.5 Å². The van der Waals surface area contributed by atoms with E-state index in [1.54, 1.807) is 0 Å². The predicted molar refractivity (Wildman–Crippen MR) is 98.2 cm³/mol. The second kappa shape index (κ2) is 10.3. The molecule has 0 aliphatic heterocycles. The normalized spacial score (nSPS) is 10.6. The van der Waals surface area contributed by atoms with Gasteiger partial charge >= 0.3 is 0 Å². The molecule has 22 heavy (non-hydrogen) atoms. The first-order valence-electron chi connectivity index (χ1n) is 8.14. The lowest BCUT2D eigenvalue weighted by molar-refractivity contribution is 0.706. The lowest BCUT2D eigenvalue weighted by Gasteiger charge is -2.09. The minimum Gasteiger partial charge on any atom is -0.321 e. The maximum atomic E-state index is 3.27. The van der Waals surface area contributed by atoms with E-state index in [0.29, 0.717) is 0 Å². The molecule has 3 heteroatoms. The van der Waals surface area contributed by atoms with Crippen LogP contribution in [0.5, 0.6) is 0 Å². The number of benzene rings is 2. The van der Waals surface area contributed by atoms with E-state index >= 15 is 0 Å². The number of anilines is 1. The van der Waals surface area contributed by atoms with Gasteiger partial charge in [0.05, 0.1) is 0 Å². The summed E-state index contributed by atoms with van der Waals surface area (Å²) in [5.41, 5.74) is 8.89. The van der Waals surface area contributed by atoms with Crippen LogP contribution in [0.25, 0.3) is 0 Å². The average Bonchev–Trinajstić information content (AvgIpc) is 2.56. The fraction of sp³-hybridized carbons (Fsp3) is 0.368. The highest BCUT2D eigenvalue weighted by molar-refractivity contribution is 7.99. The van der Waals surface area contributed by atoms with E-state index in [4.69, 9.17) is 0 Å². The van der Waals surface area contributed by atoms with Gasteiger partial charge in [-0.05, 0) is 42.0 Å². The summed E-state index contributed by atoms with van der Waals surface area (Å²) >= 11 is 1.97. The zero-order valence-electron chi connectivity index (χ0n) is 13.3. The van der Waals surface area contributed by atoms with Crippen molar-refractivity contribution in [3.8, 4) is 0 Å². The van der Waals surface area contributed by atoms with Crippen LogP contribution in [0.4, 0.5) is 5.69 Å². The largest absolute Gasteiger partial charge is 0.321 e. The fourth-order valence-electron chi connectivity index (χ4n) is 2.23. The number of unbranched alkanes of at least 4 members (excludes halogenated alkanes) is 3. The Hall–Kier alpha value is -1.45. The van der Waals surface area contributed by atoms with Gasteiger partial charge in [0.1, 0.15) is 0 Å². The third-order valence-electron chi connectivity index (χ3n) is 3.46. The van der Waals surface area contributed by atoms with E-state index in [1.807, 2.05) is 30.0 Å². The second-order valence-corrected chi connectivity index (χ2v) is 6.57. The minimum absolute atomic E-state index is 0.819. The van der Waals surface area contributed by atoms with Crippen LogP contribution in [-0.4, -0.2) is 5.75 Å². The van der Waals surface area contributed by atoms with Gasteiger partial charge < -0.3 is 5.43 Å². The number of hydrazine groups is 1. The summed E-state index contributed by atoms with van der Waals surface area (Å²) in [6.45, 7) is 3.08. The van der Waals surface area contributed by atoms with Gasteiger partial charge in [-0.15, -0.1) is 11.8 Å². The van der Waals surface area contributed by atoms with Gasteiger partial charge in [0.15, 0.2) is 0 Å². The van der Waals surface area contributed by atoms with Crippen LogP contribution in [0.1, 0.15) is 38.2 Å².